The Balaban J connectivity index is 4.86. The van der Waals surface area contributed by atoms with Crippen molar-refractivity contribution in [2.75, 3.05) is 6.54 Å². The Labute approximate surface area is 119 Å². The second-order valence-electron chi connectivity index (χ2n) is 4.83. The number of nitrogens with zero attached hydrogens (tertiary/aromatic N) is 1. The van der Waals surface area contributed by atoms with Crippen molar-refractivity contribution in [3.63, 3.8) is 0 Å². The molecule has 1 amide bonds. The molecule has 0 heterocycles. The summed E-state index contributed by atoms with van der Waals surface area (Å²) in [5, 5.41) is 18.0. The van der Waals surface area contributed by atoms with Crippen molar-refractivity contribution in [1.29, 1.82) is 0 Å². The van der Waals surface area contributed by atoms with Crippen LogP contribution in [0.2, 0.25) is 0 Å². The number of carboxylic acid groups (broad SMARTS) is 2. The molecule has 0 aliphatic carbocycles. The fourth-order valence-electron chi connectivity index (χ4n) is 1.95. The Morgan fingerprint density at radius 1 is 1.00 bits per heavy atom. The van der Waals surface area contributed by atoms with Crippen LogP contribution in [0.3, 0.4) is 0 Å². The molecule has 20 heavy (non-hydrogen) atoms. The van der Waals surface area contributed by atoms with Crippen LogP contribution in [-0.4, -0.2) is 45.5 Å². The lowest BCUT2D eigenvalue weighted by atomic mass is 10.1. The summed E-state index contributed by atoms with van der Waals surface area (Å²) in [5.74, 6) is -2.36. The van der Waals surface area contributed by atoms with E-state index in [0.717, 1.165) is 12.8 Å². The van der Waals surface area contributed by atoms with Gasteiger partial charge in [0.1, 0.15) is 6.04 Å². The Morgan fingerprint density at radius 2 is 1.60 bits per heavy atom. The van der Waals surface area contributed by atoms with Crippen molar-refractivity contribution in [2.45, 2.75) is 64.8 Å². The predicted octanol–water partition coefficient (Wildman–Crippen LogP) is 2.12. The number of carboxylic acids is 2. The summed E-state index contributed by atoms with van der Waals surface area (Å²) >= 11 is 0. The van der Waals surface area contributed by atoms with Gasteiger partial charge in [-0.2, -0.15) is 0 Å². The standard InChI is InChI=1S/C14H25NO5/c1-3-5-7-11(14(19)20)15(10-9-13(17)18)12(16)8-6-4-2/h11H,3-10H2,1-2H3,(H,17,18)(H,19,20). The molecular weight excluding hydrogens is 262 g/mol. The number of hydrogen-bond acceptors (Lipinski definition) is 3. The van der Waals surface area contributed by atoms with Crippen LogP contribution in [0.4, 0.5) is 0 Å². The SMILES string of the molecule is CCCCC(=O)N(CCC(=O)O)C(CCCC)C(=O)O. The van der Waals surface area contributed by atoms with Gasteiger partial charge in [-0.15, -0.1) is 0 Å². The fourth-order valence-corrected chi connectivity index (χ4v) is 1.95. The van der Waals surface area contributed by atoms with E-state index in [0.29, 0.717) is 19.3 Å². The van der Waals surface area contributed by atoms with E-state index in [2.05, 4.69) is 0 Å². The zero-order valence-electron chi connectivity index (χ0n) is 12.3. The van der Waals surface area contributed by atoms with Crippen molar-refractivity contribution < 1.29 is 24.6 Å². The first kappa shape index (κ1) is 18.4. The molecule has 0 saturated carbocycles. The van der Waals surface area contributed by atoms with Gasteiger partial charge in [0.25, 0.3) is 0 Å². The number of carbonyl (C=O) groups excluding carboxylic acids is 1. The van der Waals surface area contributed by atoms with Crippen molar-refractivity contribution in [3.05, 3.63) is 0 Å². The molecule has 0 aliphatic rings. The van der Waals surface area contributed by atoms with Crippen molar-refractivity contribution in [2.24, 2.45) is 0 Å². The van der Waals surface area contributed by atoms with E-state index in [-0.39, 0.29) is 25.3 Å². The first-order valence-corrected chi connectivity index (χ1v) is 7.18. The average Bonchev–Trinajstić information content (AvgIpc) is 2.38. The van der Waals surface area contributed by atoms with E-state index in [9.17, 15) is 19.5 Å². The minimum absolute atomic E-state index is 0.0431. The van der Waals surface area contributed by atoms with E-state index in [1.54, 1.807) is 0 Å². The number of hydrogen-bond donors (Lipinski definition) is 2. The Kier molecular flexibility index (Phi) is 9.41. The van der Waals surface area contributed by atoms with Crippen LogP contribution in [0.25, 0.3) is 0 Å². The van der Waals surface area contributed by atoms with Crippen LogP contribution in [0, 0.1) is 0 Å². The second kappa shape index (κ2) is 10.2. The third-order valence-electron chi connectivity index (χ3n) is 3.12. The van der Waals surface area contributed by atoms with Gasteiger partial charge in [0.2, 0.25) is 5.91 Å². The topological polar surface area (TPSA) is 94.9 Å². The summed E-state index contributed by atoms with van der Waals surface area (Å²) in [6.45, 7) is 3.85. The molecule has 0 saturated heterocycles. The van der Waals surface area contributed by atoms with E-state index in [4.69, 9.17) is 5.11 Å². The van der Waals surface area contributed by atoms with Crippen molar-refractivity contribution in [1.82, 2.24) is 4.90 Å². The highest BCUT2D eigenvalue weighted by Crippen LogP contribution is 2.13. The molecule has 1 atom stereocenters. The van der Waals surface area contributed by atoms with Gasteiger partial charge in [0.05, 0.1) is 6.42 Å². The lowest BCUT2D eigenvalue weighted by Gasteiger charge is -2.28. The molecule has 1 unspecified atom stereocenters. The van der Waals surface area contributed by atoms with E-state index >= 15 is 0 Å². The molecule has 0 bridgehead atoms. The largest absolute Gasteiger partial charge is 0.481 e. The van der Waals surface area contributed by atoms with Crippen LogP contribution < -0.4 is 0 Å². The number of aliphatic carboxylic acids is 2. The summed E-state index contributed by atoms with van der Waals surface area (Å²) in [5.41, 5.74) is 0. The van der Waals surface area contributed by atoms with Crippen LogP contribution >= 0.6 is 0 Å². The highest BCUT2D eigenvalue weighted by molar-refractivity contribution is 5.84. The minimum atomic E-state index is -1.06. The maximum atomic E-state index is 12.1. The molecule has 6 heteroatoms. The lowest BCUT2D eigenvalue weighted by Crippen LogP contribution is -2.46. The molecule has 2 N–H and O–H groups in total. The summed E-state index contributed by atoms with van der Waals surface area (Å²) in [7, 11) is 0. The molecule has 0 aromatic carbocycles. The zero-order chi connectivity index (χ0) is 15.5. The van der Waals surface area contributed by atoms with E-state index < -0.39 is 18.0 Å². The van der Waals surface area contributed by atoms with Crippen LogP contribution in [0.1, 0.15) is 58.8 Å². The number of amides is 1. The Hall–Kier alpha value is -1.59. The molecule has 0 spiro atoms. The second-order valence-corrected chi connectivity index (χ2v) is 4.83. The van der Waals surface area contributed by atoms with Gasteiger partial charge in [0.15, 0.2) is 0 Å². The summed E-state index contributed by atoms with van der Waals surface area (Å²) in [6.07, 6.45) is 3.46. The van der Waals surface area contributed by atoms with Crippen molar-refractivity contribution >= 4 is 17.8 Å². The van der Waals surface area contributed by atoms with Gasteiger partial charge < -0.3 is 15.1 Å². The maximum Gasteiger partial charge on any atom is 0.326 e. The van der Waals surface area contributed by atoms with E-state index in [1.165, 1.54) is 4.90 Å². The van der Waals surface area contributed by atoms with Crippen LogP contribution in [-0.2, 0) is 14.4 Å². The fraction of sp³-hybridized carbons (Fsp3) is 0.786. The molecule has 0 radical (unpaired) electrons. The van der Waals surface area contributed by atoms with Gasteiger partial charge in [-0.25, -0.2) is 4.79 Å². The van der Waals surface area contributed by atoms with Gasteiger partial charge in [-0.3, -0.25) is 9.59 Å². The maximum absolute atomic E-state index is 12.1. The molecule has 6 nitrogen and oxygen atoms in total. The molecule has 0 rings (SSSR count). The third-order valence-corrected chi connectivity index (χ3v) is 3.12. The molecule has 0 aromatic rings. The van der Waals surface area contributed by atoms with Gasteiger partial charge in [-0.1, -0.05) is 33.1 Å². The number of unbranched alkanes of at least 4 members (excludes halogenated alkanes) is 2. The quantitative estimate of drug-likeness (QED) is 0.607. The zero-order valence-corrected chi connectivity index (χ0v) is 12.3. The molecule has 0 aromatic heterocycles. The van der Waals surface area contributed by atoms with Gasteiger partial charge in [-0.05, 0) is 12.8 Å². The van der Waals surface area contributed by atoms with Gasteiger partial charge in [0, 0.05) is 13.0 Å². The summed E-state index contributed by atoms with van der Waals surface area (Å²) in [4.78, 5) is 35.3. The average molecular weight is 287 g/mol. The summed E-state index contributed by atoms with van der Waals surface area (Å²) < 4.78 is 0. The monoisotopic (exact) mass is 287 g/mol. The van der Waals surface area contributed by atoms with Gasteiger partial charge >= 0.3 is 11.9 Å². The highest BCUT2D eigenvalue weighted by Gasteiger charge is 2.28. The Bertz CT molecular complexity index is 330. The highest BCUT2D eigenvalue weighted by atomic mass is 16.4. The van der Waals surface area contributed by atoms with Crippen LogP contribution in [0.5, 0.6) is 0 Å². The minimum Gasteiger partial charge on any atom is -0.481 e. The lowest BCUT2D eigenvalue weighted by molar-refractivity contribution is -0.152. The van der Waals surface area contributed by atoms with Crippen molar-refractivity contribution in [3.8, 4) is 0 Å². The summed E-state index contributed by atoms with van der Waals surface area (Å²) in [6, 6.07) is -0.918. The molecule has 116 valence electrons. The molecular formula is C14H25NO5. The first-order valence-electron chi connectivity index (χ1n) is 7.18. The smallest absolute Gasteiger partial charge is 0.326 e. The number of carbonyl (C=O) groups is 3. The third kappa shape index (κ3) is 7.11. The Morgan fingerprint density at radius 3 is 2.05 bits per heavy atom. The first-order chi connectivity index (χ1) is 9.43. The molecule has 0 fully saturated rings. The van der Waals surface area contributed by atoms with Crippen LogP contribution in [0.15, 0.2) is 0 Å². The van der Waals surface area contributed by atoms with E-state index in [1.807, 2.05) is 13.8 Å². The number of rotatable bonds is 11. The predicted molar refractivity (Wildman–Crippen MR) is 74.4 cm³/mol. The normalized spacial score (nSPS) is 11.9. The molecule has 0 aliphatic heterocycles.